The van der Waals surface area contributed by atoms with Crippen LogP contribution in [-0.4, -0.2) is 36.7 Å². The van der Waals surface area contributed by atoms with E-state index < -0.39 is 0 Å². The average Bonchev–Trinajstić information content (AvgIpc) is 2.98. The van der Waals surface area contributed by atoms with E-state index >= 15 is 0 Å². The Kier molecular flexibility index (Phi) is 5.98. The van der Waals surface area contributed by atoms with Crippen LogP contribution < -0.4 is 14.4 Å². The van der Waals surface area contributed by atoms with E-state index in [9.17, 15) is 4.79 Å². The summed E-state index contributed by atoms with van der Waals surface area (Å²) in [6.07, 6.45) is 4.17. The molecule has 0 saturated carbocycles. The van der Waals surface area contributed by atoms with Gasteiger partial charge in [-0.25, -0.2) is 4.98 Å². The van der Waals surface area contributed by atoms with E-state index in [1.165, 1.54) is 5.56 Å². The SMILES string of the molecule is COc1ccc(N(C)C(=O)c2nc(-c3ccc(C)cc3)n3c2CCCCC3)c(OC)c1. The fraction of sp³-hybridized carbons (Fsp3) is 0.360. The molecular weight excluding hydrogens is 390 g/mol. The zero-order valence-electron chi connectivity index (χ0n) is 18.6. The van der Waals surface area contributed by atoms with Crippen LogP contribution in [0.5, 0.6) is 11.5 Å². The highest BCUT2D eigenvalue weighted by Gasteiger charge is 2.28. The number of benzene rings is 2. The topological polar surface area (TPSA) is 56.6 Å². The normalized spacial score (nSPS) is 13.3. The van der Waals surface area contributed by atoms with Crippen LogP contribution in [0.1, 0.15) is 41.0 Å². The van der Waals surface area contributed by atoms with Crippen LogP contribution in [0, 0.1) is 6.92 Å². The Morgan fingerprint density at radius 2 is 1.81 bits per heavy atom. The van der Waals surface area contributed by atoms with Crippen molar-refractivity contribution in [3.63, 3.8) is 0 Å². The van der Waals surface area contributed by atoms with Crippen molar-refractivity contribution >= 4 is 11.6 Å². The molecule has 0 radical (unpaired) electrons. The van der Waals surface area contributed by atoms with E-state index in [1.54, 1.807) is 32.2 Å². The molecule has 0 unspecified atom stereocenters. The minimum absolute atomic E-state index is 0.132. The first-order chi connectivity index (χ1) is 15.0. The summed E-state index contributed by atoms with van der Waals surface area (Å²) >= 11 is 0. The number of aromatic nitrogens is 2. The van der Waals surface area contributed by atoms with Crippen molar-refractivity contribution in [2.75, 3.05) is 26.2 Å². The summed E-state index contributed by atoms with van der Waals surface area (Å²) in [7, 11) is 4.96. The molecule has 2 aromatic carbocycles. The summed E-state index contributed by atoms with van der Waals surface area (Å²) in [6.45, 7) is 2.95. The van der Waals surface area contributed by atoms with Crippen LogP contribution in [0.15, 0.2) is 42.5 Å². The smallest absolute Gasteiger partial charge is 0.278 e. The summed E-state index contributed by atoms with van der Waals surface area (Å²) in [5.41, 5.74) is 4.47. The first-order valence-electron chi connectivity index (χ1n) is 10.7. The van der Waals surface area contributed by atoms with E-state index in [0.29, 0.717) is 22.9 Å². The fourth-order valence-corrected chi connectivity index (χ4v) is 4.14. The van der Waals surface area contributed by atoms with Crippen LogP contribution >= 0.6 is 0 Å². The molecule has 4 rings (SSSR count). The molecule has 2 heterocycles. The molecule has 31 heavy (non-hydrogen) atoms. The summed E-state index contributed by atoms with van der Waals surface area (Å²) in [5.74, 6) is 2.00. The lowest BCUT2D eigenvalue weighted by Crippen LogP contribution is -2.28. The lowest BCUT2D eigenvalue weighted by Gasteiger charge is -2.20. The molecule has 6 nitrogen and oxygen atoms in total. The number of methoxy groups -OCH3 is 2. The minimum Gasteiger partial charge on any atom is -0.497 e. The predicted octanol–water partition coefficient (Wildman–Crippen LogP) is 4.88. The summed E-state index contributed by atoms with van der Waals surface area (Å²) in [6, 6.07) is 13.8. The zero-order chi connectivity index (χ0) is 22.0. The standard InChI is InChI=1S/C25H29N3O3/c1-17-9-11-18(12-10-17)24-26-23(21-8-6-5-7-15-28(21)24)25(29)27(2)20-14-13-19(30-3)16-22(20)31-4/h9-14,16H,5-8,15H2,1-4H3. The number of fused-ring (bicyclic) bond motifs is 1. The lowest BCUT2D eigenvalue weighted by atomic mass is 10.1. The molecule has 1 aromatic heterocycles. The highest BCUT2D eigenvalue weighted by atomic mass is 16.5. The molecule has 0 bridgehead atoms. The highest BCUT2D eigenvalue weighted by molar-refractivity contribution is 6.06. The maximum Gasteiger partial charge on any atom is 0.278 e. The molecule has 162 valence electrons. The number of hydrogen-bond acceptors (Lipinski definition) is 4. The third kappa shape index (κ3) is 4.02. The Morgan fingerprint density at radius 3 is 2.52 bits per heavy atom. The molecule has 1 aliphatic rings. The van der Waals surface area contributed by atoms with Crippen molar-refractivity contribution in [3.8, 4) is 22.9 Å². The second-order valence-corrected chi connectivity index (χ2v) is 7.96. The summed E-state index contributed by atoms with van der Waals surface area (Å²) in [4.78, 5) is 20.1. The van der Waals surface area contributed by atoms with E-state index in [4.69, 9.17) is 14.5 Å². The van der Waals surface area contributed by atoms with Crippen molar-refractivity contribution in [2.24, 2.45) is 0 Å². The maximum atomic E-state index is 13.6. The molecular formula is C25H29N3O3. The monoisotopic (exact) mass is 419 g/mol. The number of rotatable bonds is 5. The first-order valence-corrected chi connectivity index (χ1v) is 10.7. The second-order valence-electron chi connectivity index (χ2n) is 7.96. The van der Waals surface area contributed by atoms with Gasteiger partial charge in [-0.3, -0.25) is 4.79 Å². The molecule has 0 atom stereocenters. The van der Waals surface area contributed by atoms with Gasteiger partial charge in [-0.15, -0.1) is 0 Å². The van der Waals surface area contributed by atoms with Gasteiger partial charge in [0.25, 0.3) is 5.91 Å². The van der Waals surface area contributed by atoms with Gasteiger partial charge in [0.1, 0.15) is 17.3 Å². The Morgan fingerprint density at radius 1 is 1.03 bits per heavy atom. The summed E-state index contributed by atoms with van der Waals surface area (Å²) < 4.78 is 13.0. The highest BCUT2D eigenvalue weighted by Crippen LogP contribution is 2.34. The zero-order valence-corrected chi connectivity index (χ0v) is 18.6. The number of imidazole rings is 1. The number of amides is 1. The number of aryl methyl sites for hydroxylation is 1. The van der Waals surface area contributed by atoms with Crippen LogP contribution in [0.4, 0.5) is 5.69 Å². The van der Waals surface area contributed by atoms with Gasteiger partial charge in [0.2, 0.25) is 0 Å². The third-order valence-electron chi connectivity index (χ3n) is 5.93. The molecule has 1 amide bonds. The van der Waals surface area contributed by atoms with Crippen molar-refractivity contribution in [1.82, 2.24) is 9.55 Å². The van der Waals surface area contributed by atoms with E-state index in [-0.39, 0.29) is 5.91 Å². The van der Waals surface area contributed by atoms with Gasteiger partial charge in [-0.05, 0) is 38.3 Å². The molecule has 0 saturated heterocycles. The van der Waals surface area contributed by atoms with Crippen LogP contribution in [0.2, 0.25) is 0 Å². The lowest BCUT2D eigenvalue weighted by molar-refractivity contribution is 0.0987. The van der Waals surface area contributed by atoms with Crippen LogP contribution in [0.25, 0.3) is 11.4 Å². The average molecular weight is 420 g/mol. The number of hydrogen-bond donors (Lipinski definition) is 0. The van der Waals surface area contributed by atoms with Crippen molar-refractivity contribution in [2.45, 2.75) is 39.2 Å². The predicted molar refractivity (Wildman–Crippen MR) is 122 cm³/mol. The molecule has 0 fully saturated rings. The molecule has 0 aliphatic carbocycles. The minimum atomic E-state index is -0.132. The van der Waals surface area contributed by atoms with Gasteiger partial charge in [-0.1, -0.05) is 36.2 Å². The first kappa shape index (κ1) is 21.0. The Labute approximate surface area is 183 Å². The van der Waals surface area contributed by atoms with E-state index in [1.807, 2.05) is 12.1 Å². The molecule has 3 aromatic rings. The van der Waals surface area contributed by atoms with Gasteiger partial charge in [0.05, 0.1) is 25.6 Å². The Balaban J connectivity index is 1.77. The fourth-order valence-electron chi connectivity index (χ4n) is 4.14. The van der Waals surface area contributed by atoms with Gasteiger partial charge in [0, 0.05) is 25.2 Å². The van der Waals surface area contributed by atoms with Crippen molar-refractivity contribution in [3.05, 3.63) is 59.4 Å². The van der Waals surface area contributed by atoms with E-state index in [2.05, 4.69) is 35.8 Å². The van der Waals surface area contributed by atoms with Crippen LogP contribution in [-0.2, 0) is 13.0 Å². The van der Waals surface area contributed by atoms with Gasteiger partial charge in [0.15, 0.2) is 5.69 Å². The largest absolute Gasteiger partial charge is 0.497 e. The number of ether oxygens (including phenoxy) is 2. The van der Waals surface area contributed by atoms with Crippen molar-refractivity contribution < 1.29 is 14.3 Å². The van der Waals surface area contributed by atoms with Gasteiger partial charge >= 0.3 is 0 Å². The molecule has 6 heteroatoms. The van der Waals surface area contributed by atoms with Gasteiger partial charge in [-0.2, -0.15) is 0 Å². The molecule has 0 N–H and O–H groups in total. The third-order valence-corrected chi connectivity index (χ3v) is 5.93. The summed E-state index contributed by atoms with van der Waals surface area (Å²) in [5, 5.41) is 0. The van der Waals surface area contributed by atoms with Crippen molar-refractivity contribution in [1.29, 1.82) is 0 Å². The Hall–Kier alpha value is -3.28. The Bertz CT molecular complexity index is 1090. The number of anilines is 1. The maximum absolute atomic E-state index is 13.6. The number of nitrogens with zero attached hydrogens (tertiary/aromatic N) is 3. The number of carbonyl (C=O) groups excluding carboxylic acids is 1. The van der Waals surface area contributed by atoms with Gasteiger partial charge < -0.3 is 18.9 Å². The quantitative estimate of drug-likeness (QED) is 0.592. The molecule has 1 aliphatic heterocycles. The second kappa shape index (κ2) is 8.84. The number of carbonyl (C=O) groups is 1. The van der Waals surface area contributed by atoms with Crippen LogP contribution in [0.3, 0.4) is 0 Å². The van der Waals surface area contributed by atoms with E-state index in [0.717, 1.165) is 49.3 Å². The molecule has 0 spiro atoms.